The van der Waals surface area contributed by atoms with Gasteiger partial charge in [0.05, 0.1) is 28.5 Å². The number of hydrogen-bond donors (Lipinski definition) is 2. The number of nitrogens with zero attached hydrogens (tertiary/aromatic N) is 5. The van der Waals surface area contributed by atoms with E-state index in [9.17, 15) is 0 Å². The van der Waals surface area contributed by atoms with Gasteiger partial charge >= 0.3 is 0 Å². The topological polar surface area (TPSA) is 85.3 Å². The summed E-state index contributed by atoms with van der Waals surface area (Å²) in [6, 6.07) is 41.5. The van der Waals surface area contributed by atoms with Crippen molar-refractivity contribution in [3.05, 3.63) is 192 Å². The summed E-state index contributed by atoms with van der Waals surface area (Å²) in [7, 11) is 0. The fourth-order valence-corrected chi connectivity index (χ4v) is 11.0. The minimum atomic E-state index is -0.0871. The SMILES string of the molecule is CCN(CC)N=Nc1cc(C#Cc2ccc(-c3c4nc(c(-c5c(C)cc(C)cc5C)c5ccc([nH]5)c(-c5ccc(I)cc5)c5nc(c(-c6c(C)cc(C)cc6C)c6ccc3[nH]6)C=C5)C=C4)cc2)cc(C(C)(C)C)c1. The first-order valence-electron chi connectivity index (χ1n) is 25.6. The highest BCUT2D eigenvalue weighted by atomic mass is 127. The van der Waals surface area contributed by atoms with Crippen LogP contribution in [0.2, 0.25) is 0 Å². The Balaban J connectivity index is 1.24. The first-order chi connectivity index (χ1) is 35.5. The van der Waals surface area contributed by atoms with Crippen molar-refractivity contribution in [2.75, 3.05) is 13.1 Å². The molecular formula is C66H62IN7. The monoisotopic (exact) mass is 1080 g/mol. The normalized spacial score (nSPS) is 12.2. The summed E-state index contributed by atoms with van der Waals surface area (Å²) in [5.41, 5.74) is 26.9. The summed E-state index contributed by atoms with van der Waals surface area (Å²) in [6.07, 6.45) is 8.71. The number of hydrogen-bond acceptors (Lipinski definition) is 4. The largest absolute Gasteiger partial charge is 0.354 e. The van der Waals surface area contributed by atoms with Gasteiger partial charge in [0.2, 0.25) is 0 Å². The van der Waals surface area contributed by atoms with Gasteiger partial charge in [0.25, 0.3) is 0 Å². The molecule has 3 aromatic heterocycles. The van der Waals surface area contributed by atoms with Crippen molar-refractivity contribution in [3.63, 3.8) is 0 Å². The lowest BCUT2D eigenvalue weighted by atomic mass is 9.86. The average molecular weight is 1080 g/mol. The Morgan fingerprint density at radius 1 is 0.486 bits per heavy atom. The molecule has 8 aromatic rings. The van der Waals surface area contributed by atoms with Crippen LogP contribution in [-0.4, -0.2) is 38.0 Å². The summed E-state index contributed by atoms with van der Waals surface area (Å²) in [6.45, 7) is 25.6. The van der Waals surface area contributed by atoms with Gasteiger partial charge in [0, 0.05) is 72.1 Å². The van der Waals surface area contributed by atoms with Gasteiger partial charge in [-0.3, -0.25) is 5.01 Å². The average Bonchev–Trinajstić information content (AvgIpc) is 4.22. The van der Waals surface area contributed by atoms with Crippen molar-refractivity contribution in [3.8, 4) is 56.3 Å². The highest BCUT2D eigenvalue weighted by Gasteiger charge is 2.22. The second kappa shape index (κ2) is 20.4. The lowest BCUT2D eigenvalue weighted by Crippen LogP contribution is -2.14. The third-order valence-electron chi connectivity index (χ3n) is 14.1. The van der Waals surface area contributed by atoms with Crippen LogP contribution in [0, 0.1) is 57.0 Å². The highest BCUT2D eigenvalue weighted by molar-refractivity contribution is 14.1. The van der Waals surface area contributed by atoms with Gasteiger partial charge in [0.15, 0.2) is 0 Å². The van der Waals surface area contributed by atoms with E-state index in [0.29, 0.717) is 0 Å². The Bertz CT molecular complexity index is 3760. The van der Waals surface area contributed by atoms with Crippen LogP contribution in [-0.2, 0) is 5.41 Å². The Hall–Kier alpha value is -7.61. The molecule has 0 unspecified atom stereocenters. The smallest absolute Gasteiger partial charge is 0.0889 e. The number of H-pyrrole nitrogens is 2. The first kappa shape index (κ1) is 49.9. The van der Waals surface area contributed by atoms with E-state index in [2.05, 4.69) is 264 Å². The zero-order chi connectivity index (χ0) is 52.0. The fourth-order valence-electron chi connectivity index (χ4n) is 10.6. The molecule has 0 radical (unpaired) electrons. The van der Waals surface area contributed by atoms with E-state index in [1.807, 2.05) is 11.1 Å². The second-order valence-corrected chi connectivity index (χ2v) is 22.0. The van der Waals surface area contributed by atoms with E-state index in [0.717, 1.165) is 114 Å². The van der Waals surface area contributed by atoms with E-state index in [1.54, 1.807) is 0 Å². The van der Waals surface area contributed by atoms with E-state index in [4.69, 9.17) is 9.97 Å². The molecule has 8 heteroatoms. The number of aromatic amines is 2. The summed E-state index contributed by atoms with van der Waals surface area (Å²) in [4.78, 5) is 19.1. The molecule has 8 bridgehead atoms. The highest BCUT2D eigenvalue weighted by Crippen LogP contribution is 2.41. The van der Waals surface area contributed by atoms with Crippen LogP contribution >= 0.6 is 22.6 Å². The zero-order valence-electron chi connectivity index (χ0n) is 44.3. The maximum absolute atomic E-state index is 5.62. The second-order valence-electron chi connectivity index (χ2n) is 20.7. The molecule has 0 amide bonds. The van der Waals surface area contributed by atoms with Crippen molar-refractivity contribution >= 4 is 74.6 Å². The van der Waals surface area contributed by atoms with Gasteiger partial charge in [-0.2, -0.15) is 0 Å². The Labute approximate surface area is 449 Å². The lowest BCUT2D eigenvalue weighted by Gasteiger charge is -2.20. The van der Waals surface area contributed by atoms with E-state index in [-0.39, 0.29) is 5.41 Å². The van der Waals surface area contributed by atoms with Crippen molar-refractivity contribution in [2.45, 2.75) is 81.6 Å². The number of nitrogens with one attached hydrogen (secondary N) is 2. The number of benzene rings is 5. The molecule has 10 rings (SSSR count). The molecule has 5 aromatic carbocycles. The summed E-state index contributed by atoms with van der Waals surface area (Å²) < 4.78 is 1.18. The van der Waals surface area contributed by atoms with Gasteiger partial charge in [-0.1, -0.05) is 97.5 Å². The van der Waals surface area contributed by atoms with Crippen molar-refractivity contribution < 1.29 is 0 Å². The molecule has 0 atom stereocenters. The summed E-state index contributed by atoms with van der Waals surface area (Å²) >= 11 is 2.38. The van der Waals surface area contributed by atoms with E-state index >= 15 is 0 Å². The number of fused-ring (bicyclic) bond motifs is 8. The molecule has 7 nitrogen and oxygen atoms in total. The quantitative estimate of drug-likeness (QED) is 0.0688. The van der Waals surface area contributed by atoms with Crippen LogP contribution in [0.4, 0.5) is 5.69 Å². The number of aryl methyl sites for hydroxylation is 6. The van der Waals surface area contributed by atoms with E-state index < -0.39 is 0 Å². The van der Waals surface area contributed by atoms with Crippen LogP contribution in [0.15, 0.2) is 126 Å². The van der Waals surface area contributed by atoms with Crippen molar-refractivity contribution in [1.82, 2.24) is 24.9 Å². The fraction of sp³-hybridized carbons (Fsp3) is 0.212. The lowest BCUT2D eigenvalue weighted by molar-refractivity contribution is 0.300. The number of aromatic nitrogens is 4. The third kappa shape index (κ3) is 10.1. The van der Waals surface area contributed by atoms with Crippen LogP contribution in [0.3, 0.4) is 0 Å². The minimum absolute atomic E-state index is 0.0871. The number of rotatable bonds is 8. The van der Waals surface area contributed by atoms with Crippen molar-refractivity contribution in [1.29, 1.82) is 0 Å². The standard InChI is InChI=1S/C66H62IN7/c1-12-74(13-2)73-72-51-37-46(36-49(38-51)66(9,10)11)15-14-45-16-18-47(19-17-45)62-52-24-28-56(68-52)64(60-41(5)32-39(3)33-42(60)6)58-30-26-54(70-58)63(48-20-22-50(67)23-21-48)55-27-31-59(71-55)65(57-29-25-53(62)69-57)61-43(7)34-40(4)35-44(61)8/h16-38,68,71H,12-13H2,1-11H3. The van der Waals surface area contributed by atoms with Gasteiger partial charge < -0.3 is 9.97 Å². The number of halogens is 1. The predicted molar refractivity (Wildman–Crippen MR) is 320 cm³/mol. The molecule has 5 heterocycles. The predicted octanol–water partition coefficient (Wildman–Crippen LogP) is 17.8. The molecule has 0 fully saturated rings. The molecule has 2 aliphatic rings. The Kier molecular flexibility index (Phi) is 13.7. The molecule has 0 aliphatic carbocycles. The van der Waals surface area contributed by atoms with Gasteiger partial charge in [-0.05, 0) is 225 Å². The minimum Gasteiger partial charge on any atom is -0.354 e. The maximum Gasteiger partial charge on any atom is 0.0889 e. The molecule has 0 saturated carbocycles. The van der Waals surface area contributed by atoms with Gasteiger partial charge in [0.1, 0.15) is 0 Å². The molecule has 2 N–H and O–H groups in total. The Morgan fingerprint density at radius 2 is 0.892 bits per heavy atom. The van der Waals surface area contributed by atoms with Crippen LogP contribution < -0.4 is 0 Å². The molecular weight excluding hydrogens is 1020 g/mol. The van der Waals surface area contributed by atoms with E-state index in [1.165, 1.54) is 48.1 Å². The first-order valence-corrected chi connectivity index (χ1v) is 26.7. The van der Waals surface area contributed by atoms with Gasteiger partial charge in [-0.25, -0.2) is 9.97 Å². The summed E-state index contributed by atoms with van der Waals surface area (Å²) in [5.74, 6) is 6.95. The van der Waals surface area contributed by atoms with Crippen LogP contribution in [0.5, 0.6) is 0 Å². The third-order valence-corrected chi connectivity index (χ3v) is 14.8. The molecule has 2 aliphatic heterocycles. The van der Waals surface area contributed by atoms with Gasteiger partial charge in [-0.15, -0.1) is 5.11 Å². The zero-order valence-corrected chi connectivity index (χ0v) is 46.5. The Morgan fingerprint density at radius 3 is 1.32 bits per heavy atom. The molecule has 0 saturated heterocycles. The molecule has 74 heavy (non-hydrogen) atoms. The maximum atomic E-state index is 5.62. The molecule has 0 spiro atoms. The molecule has 368 valence electrons. The van der Waals surface area contributed by atoms with Crippen LogP contribution in [0.25, 0.3) is 90.9 Å². The van der Waals surface area contributed by atoms with Crippen LogP contribution in [0.1, 0.15) is 107 Å². The van der Waals surface area contributed by atoms with Crippen molar-refractivity contribution in [2.24, 2.45) is 10.3 Å². The summed E-state index contributed by atoms with van der Waals surface area (Å²) in [5, 5.41) is 11.1.